The van der Waals surface area contributed by atoms with Gasteiger partial charge in [0, 0.05) is 70.3 Å². The van der Waals surface area contributed by atoms with E-state index in [9.17, 15) is 0 Å². The standard InChI is InChI=1S/C19H24N3.C18H21N2O.2C18H21N2S/c1-14-18-8-10-19(11-9-18,17-15(18)7-13-21(17)3)22(14)16-6-4-5-12-20(16)2;2*1-13-17-7-9-18(10-8-17,16-14(17)6-12-21-16)20(13)15-5-3-4-11-19(15)2;1-13-17-6-8-18(9-7-17,15-12-21-11-14(15)17)20(13)16-5-3-4-10-19(16)2/h4-7,12-14H,8-11H2,1-3H3;2*3-6,11-13H,7-10H2,1-2H3;3-5,10-13H,6-9H2,1-2H3/q4*+1. The molecule has 8 saturated heterocycles. The van der Waals surface area contributed by atoms with Crippen molar-refractivity contribution in [1.29, 1.82) is 0 Å². The summed E-state index contributed by atoms with van der Waals surface area (Å²) in [6.07, 6.45) is 34.1. The van der Waals surface area contributed by atoms with Crippen LogP contribution in [0.15, 0.2) is 149 Å². The number of thiophene rings is 2. The fourth-order valence-electron chi connectivity index (χ4n) is 22.4. The molecule has 0 radical (unpaired) electrons. The number of hydrogen-bond donors (Lipinski definition) is 0. The predicted octanol–water partition coefficient (Wildman–Crippen LogP) is 12.8. The second kappa shape index (κ2) is 18.0. The van der Waals surface area contributed by atoms with Crippen molar-refractivity contribution in [2.75, 3.05) is 19.6 Å². The Labute approximate surface area is 512 Å². The highest BCUT2D eigenvalue weighted by atomic mass is 32.1. The number of furan rings is 1. The summed E-state index contributed by atoms with van der Waals surface area (Å²) in [5.74, 6) is 6.70. The van der Waals surface area contributed by atoms with Crippen LogP contribution in [-0.2, 0) is 79.1 Å². The normalized spacial score (nSPS) is 35.8. The zero-order valence-corrected chi connectivity index (χ0v) is 53.4. The summed E-state index contributed by atoms with van der Waals surface area (Å²) < 4.78 is 17.5. The Morgan fingerprint density at radius 2 is 0.812 bits per heavy atom. The van der Waals surface area contributed by atoms with E-state index >= 15 is 0 Å². The van der Waals surface area contributed by atoms with Crippen molar-refractivity contribution in [2.45, 2.75) is 198 Å². The molecule has 4 atom stereocenters. The first-order chi connectivity index (χ1) is 41.2. The van der Waals surface area contributed by atoms with Crippen LogP contribution in [0, 0.1) is 0 Å². The molecule has 0 aromatic carbocycles. The van der Waals surface area contributed by atoms with E-state index in [1.807, 2.05) is 28.9 Å². The lowest BCUT2D eigenvalue weighted by Crippen LogP contribution is -2.73. The lowest BCUT2D eigenvalue weighted by Gasteiger charge is -2.65. The molecule has 32 rings (SSSR count). The maximum atomic E-state index is 6.00. The fraction of sp³-hybridized carbons (Fsp3) is 0.507. The van der Waals surface area contributed by atoms with E-state index in [1.165, 1.54) is 137 Å². The number of hydrogen-bond acceptors (Lipinski definition) is 7. The number of pyridine rings is 4. The maximum absolute atomic E-state index is 6.00. The molecule has 85 heavy (non-hydrogen) atoms. The first kappa shape index (κ1) is 53.0. The van der Waals surface area contributed by atoms with Gasteiger partial charge in [0.05, 0.1) is 69.8 Å². The topological polar surface area (TPSA) is 46.6 Å². The van der Waals surface area contributed by atoms with Crippen LogP contribution in [0.3, 0.4) is 0 Å². The summed E-state index contributed by atoms with van der Waals surface area (Å²) in [4.78, 5) is 12.6. The monoisotopic (exact) mass is 1170 g/mol. The Morgan fingerprint density at radius 3 is 1.32 bits per heavy atom. The van der Waals surface area contributed by atoms with Gasteiger partial charge in [0.15, 0.2) is 11.3 Å². The van der Waals surface area contributed by atoms with Crippen molar-refractivity contribution in [2.24, 2.45) is 35.2 Å². The van der Waals surface area contributed by atoms with E-state index in [1.54, 1.807) is 32.8 Å². The molecular formula is C73H87N9OS2+4. The summed E-state index contributed by atoms with van der Waals surface area (Å²) in [5.41, 5.74) is 12.0. The van der Waals surface area contributed by atoms with Crippen molar-refractivity contribution in [3.8, 4) is 0 Å². The highest BCUT2D eigenvalue weighted by Crippen LogP contribution is 2.71. The minimum atomic E-state index is 0.0807. The third-order valence-electron chi connectivity index (χ3n) is 26.6. The molecule has 0 spiro atoms. The maximum Gasteiger partial charge on any atom is 0.277 e. The van der Waals surface area contributed by atoms with Crippen LogP contribution in [0.2, 0.25) is 0 Å². The molecule has 8 aromatic heterocycles. The van der Waals surface area contributed by atoms with Crippen LogP contribution in [0.5, 0.6) is 0 Å². The zero-order valence-electron chi connectivity index (χ0n) is 51.7. The molecule has 12 aliphatic carbocycles. The molecule has 4 saturated carbocycles. The van der Waals surface area contributed by atoms with Gasteiger partial charge in [-0.25, -0.2) is 37.9 Å². The molecule has 20 heterocycles. The smallest absolute Gasteiger partial charge is 0.277 e. The van der Waals surface area contributed by atoms with Gasteiger partial charge in [-0.05, 0) is 206 Å². The van der Waals surface area contributed by atoms with Gasteiger partial charge >= 0.3 is 0 Å². The molecule has 12 fully saturated rings. The van der Waals surface area contributed by atoms with Crippen LogP contribution < -0.4 is 37.9 Å². The van der Waals surface area contributed by atoms with Crippen LogP contribution >= 0.6 is 22.7 Å². The average Bonchev–Trinajstić information content (AvgIpc) is 1.75. The van der Waals surface area contributed by atoms with Gasteiger partial charge in [-0.1, -0.05) is 24.3 Å². The SMILES string of the molecule is CC1N(c2cccc[n+]2C)C23CCC1(CC2)c1ccn(C)c13.CC1N(c2cccc[n+]2C)C23CCC1(CC2)c1ccoc13.CC1N(c2cccc[n+]2C)C23CCC1(CC2)c1ccsc13.CC1N(c2cccc[n+]2C)C23CCC1(CC2)c1cscc13. The van der Waals surface area contributed by atoms with Gasteiger partial charge in [0.25, 0.3) is 23.3 Å². The molecule has 8 aromatic rings. The summed E-state index contributed by atoms with van der Waals surface area (Å²) in [6.45, 7) is 9.79. The van der Waals surface area contributed by atoms with E-state index in [-0.39, 0.29) is 22.2 Å². The molecule has 12 aliphatic heterocycles. The van der Waals surface area contributed by atoms with Crippen LogP contribution in [0.4, 0.5) is 23.3 Å². The number of aromatic nitrogens is 5. The second-order valence-corrected chi connectivity index (χ2v) is 30.5. The van der Waals surface area contributed by atoms with Crippen molar-refractivity contribution in [3.63, 3.8) is 0 Å². The minimum absolute atomic E-state index is 0.0807. The van der Waals surface area contributed by atoms with Crippen molar-refractivity contribution < 1.29 is 22.7 Å². The Bertz CT molecular complexity index is 3660. The Balaban J connectivity index is 0.0000000889. The van der Waals surface area contributed by atoms with Gasteiger partial charge < -0.3 is 8.98 Å². The summed E-state index contributed by atoms with van der Waals surface area (Å²) in [6, 6.07) is 35.7. The third-order valence-corrected chi connectivity index (χ3v) is 28.4. The van der Waals surface area contributed by atoms with Crippen LogP contribution in [0.1, 0.15) is 175 Å². The van der Waals surface area contributed by atoms with Crippen molar-refractivity contribution in [1.82, 2.24) is 4.57 Å². The first-order valence-electron chi connectivity index (χ1n) is 32.5. The second-order valence-electron chi connectivity index (χ2n) is 28.8. The van der Waals surface area contributed by atoms with Gasteiger partial charge in [0.1, 0.15) is 40.8 Å². The molecule has 438 valence electrons. The number of rotatable bonds is 4. The Hall–Kier alpha value is -6.24. The van der Waals surface area contributed by atoms with E-state index in [4.69, 9.17) is 4.42 Å². The highest BCUT2D eigenvalue weighted by molar-refractivity contribution is 7.10. The summed E-state index contributed by atoms with van der Waals surface area (Å²) in [7, 11) is 10.9. The zero-order chi connectivity index (χ0) is 57.8. The Morgan fingerprint density at radius 1 is 0.412 bits per heavy atom. The quantitative estimate of drug-likeness (QED) is 0.164. The third kappa shape index (κ3) is 6.37. The van der Waals surface area contributed by atoms with Gasteiger partial charge in [-0.15, -0.1) is 11.3 Å². The number of piperidine rings is 8. The molecule has 8 bridgehead atoms. The molecule has 0 N–H and O–H groups in total. The van der Waals surface area contributed by atoms with E-state index < -0.39 is 0 Å². The highest BCUT2D eigenvalue weighted by Gasteiger charge is 2.74. The lowest BCUT2D eigenvalue weighted by atomic mass is 9.48. The molecule has 4 unspecified atom stereocenters. The number of aryl methyl sites for hydroxylation is 5. The van der Waals surface area contributed by atoms with Crippen LogP contribution in [-0.4, -0.2) is 28.7 Å². The number of anilines is 4. The van der Waals surface area contributed by atoms with Gasteiger partial charge in [0.2, 0.25) is 0 Å². The summed E-state index contributed by atoms with van der Waals surface area (Å²) in [5, 5.41) is 7.21. The number of nitrogens with zero attached hydrogens (tertiary/aromatic N) is 9. The molecule has 24 aliphatic rings. The lowest BCUT2D eigenvalue weighted by molar-refractivity contribution is -0.660. The molecular weight excluding hydrogens is 1080 g/mol. The van der Waals surface area contributed by atoms with Crippen molar-refractivity contribution >= 4 is 45.9 Å². The van der Waals surface area contributed by atoms with Gasteiger partial charge in [-0.3, -0.25) is 0 Å². The largest absolute Gasteiger partial charge is 0.464 e. The molecule has 10 nitrogen and oxygen atoms in total. The van der Waals surface area contributed by atoms with Gasteiger partial charge in [-0.2, -0.15) is 11.3 Å². The van der Waals surface area contributed by atoms with E-state index in [2.05, 4.69) is 243 Å². The molecule has 0 amide bonds. The minimum Gasteiger partial charge on any atom is -0.464 e. The fourth-order valence-corrected chi connectivity index (χ4v) is 24.7. The summed E-state index contributed by atoms with van der Waals surface area (Å²) >= 11 is 3.90. The Kier molecular flexibility index (Phi) is 11.2. The first-order valence-corrected chi connectivity index (χ1v) is 34.4. The predicted molar refractivity (Wildman–Crippen MR) is 338 cm³/mol. The van der Waals surface area contributed by atoms with Crippen molar-refractivity contribution in [3.05, 3.63) is 189 Å². The van der Waals surface area contributed by atoms with E-state index in [0.717, 1.165) is 0 Å². The molecule has 12 heteroatoms. The van der Waals surface area contributed by atoms with Crippen LogP contribution in [0.25, 0.3) is 0 Å². The average molecular weight is 1170 g/mol. The van der Waals surface area contributed by atoms with E-state index in [0.29, 0.717) is 45.8 Å².